The van der Waals surface area contributed by atoms with E-state index < -0.39 is 0 Å². The Morgan fingerprint density at radius 2 is 2.42 bits per heavy atom. The summed E-state index contributed by atoms with van der Waals surface area (Å²) in [5.74, 6) is 1.70. The molecule has 0 spiro atoms. The standard InChI is InChI=1S/C13H19N5O/c1-2-4-14-11-9-18-7-5-15-12(18)13(16-11)17-6-3-10(19)8-17/h5,7,9-10,14,19H,2-4,6,8H2,1H3. The average Bonchev–Trinajstić information content (AvgIpc) is 3.03. The van der Waals surface area contributed by atoms with Gasteiger partial charge in [-0.05, 0) is 12.8 Å². The number of β-amino-alcohol motifs (C(OH)–C–C–N with tert-alkyl or cyclic N) is 1. The van der Waals surface area contributed by atoms with Gasteiger partial charge < -0.3 is 19.7 Å². The summed E-state index contributed by atoms with van der Waals surface area (Å²) < 4.78 is 1.98. The van der Waals surface area contributed by atoms with Crippen LogP contribution >= 0.6 is 0 Å². The van der Waals surface area contributed by atoms with Crippen LogP contribution < -0.4 is 10.2 Å². The van der Waals surface area contributed by atoms with Crippen LogP contribution in [0.25, 0.3) is 5.65 Å². The monoisotopic (exact) mass is 261 g/mol. The highest BCUT2D eigenvalue weighted by Crippen LogP contribution is 2.24. The molecular formula is C13H19N5O. The molecule has 1 atom stereocenters. The minimum absolute atomic E-state index is 0.260. The summed E-state index contributed by atoms with van der Waals surface area (Å²) in [6, 6.07) is 0. The van der Waals surface area contributed by atoms with Crippen LogP contribution in [0, 0.1) is 0 Å². The Hall–Kier alpha value is -1.82. The van der Waals surface area contributed by atoms with Crippen molar-refractivity contribution in [3.8, 4) is 0 Å². The Bertz CT molecular complexity index is 567. The van der Waals surface area contributed by atoms with Crippen molar-refractivity contribution in [2.75, 3.05) is 29.9 Å². The van der Waals surface area contributed by atoms with Gasteiger partial charge in [0.25, 0.3) is 0 Å². The van der Waals surface area contributed by atoms with Crippen molar-refractivity contribution in [2.24, 2.45) is 0 Å². The molecule has 0 amide bonds. The fraction of sp³-hybridized carbons (Fsp3) is 0.538. The SMILES string of the molecule is CCCNc1cn2ccnc2c(N2CCC(O)C2)n1. The van der Waals surface area contributed by atoms with Crippen LogP contribution in [0.2, 0.25) is 0 Å². The van der Waals surface area contributed by atoms with Gasteiger partial charge >= 0.3 is 0 Å². The van der Waals surface area contributed by atoms with Crippen molar-refractivity contribution < 1.29 is 5.11 Å². The number of aromatic nitrogens is 3. The second kappa shape index (κ2) is 5.05. The Labute approximate surface area is 112 Å². The molecule has 0 aromatic carbocycles. The number of aliphatic hydroxyl groups excluding tert-OH is 1. The smallest absolute Gasteiger partial charge is 0.180 e. The number of rotatable bonds is 4. The fourth-order valence-electron chi connectivity index (χ4n) is 2.40. The van der Waals surface area contributed by atoms with Gasteiger partial charge in [-0.15, -0.1) is 0 Å². The lowest BCUT2D eigenvalue weighted by Gasteiger charge is -2.18. The van der Waals surface area contributed by atoms with Crippen LogP contribution in [0.15, 0.2) is 18.6 Å². The van der Waals surface area contributed by atoms with Crippen molar-refractivity contribution in [3.63, 3.8) is 0 Å². The van der Waals surface area contributed by atoms with Crippen molar-refractivity contribution in [1.82, 2.24) is 14.4 Å². The third kappa shape index (κ3) is 2.35. The first-order valence-corrected chi connectivity index (χ1v) is 6.78. The van der Waals surface area contributed by atoms with E-state index in [-0.39, 0.29) is 6.10 Å². The Morgan fingerprint density at radius 1 is 1.53 bits per heavy atom. The predicted molar refractivity (Wildman–Crippen MR) is 74.6 cm³/mol. The number of nitrogens with zero attached hydrogens (tertiary/aromatic N) is 4. The second-order valence-electron chi connectivity index (χ2n) is 4.92. The van der Waals surface area contributed by atoms with E-state index in [9.17, 15) is 5.11 Å². The molecule has 0 aliphatic carbocycles. The Morgan fingerprint density at radius 3 is 3.16 bits per heavy atom. The molecule has 1 unspecified atom stereocenters. The van der Waals surface area contributed by atoms with E-state index in [1.807, 2.05) is 16.8 Å². The Balaban J connectivity index is 1.98. The lowest BCUT2D eigenvalue weighted by molar-refractivity contribution is 0.198. The van der Waals surface area contributed by atoms with Gasteiger partial charge in [0, 0.05) is 32.0 Å². The first kappa shape index (κ1) is 12.2. The summed E-state index contributed by atoms with van der Waals surface area (Å²) in [6.45, 7) is 4.48. The molecule has 1 aliphatic rings. The highest BCUT2D eigenvalue weighted by Gasteiger charge is 2.24. The number of imidazole rings is 1. The summed E-state index contributed by atoms with van der Waals surface area (Å²) in [4.78, 5) is 11.1. The molecule has 1 fully saturated rings. The molecule has 102 valence electrons. The predicted octanol–water partition coefficient (Wildman–Crippen LogP) is 1.12. The molecule has 0 bridgehead atoms. The molecule has 6 heteroatoms. The van der Waals surface area contributed by atoms with Gasteiger partial charge in [-0.1, -0.05) is 6.92 Å². The zero-order chi connectivity index (χ0) is 13.2. The zero-order valence-corrected chi connectivity index (χ0v) is 11.1. The maximum absolute atomic E-state index is 9.68. The molecule has 2 aromatic heterocycles. The van der Waals surface area contributed by atoms with Gasteiger partial charge in [-0.3, -0.25) is 0 Å². The van der Waals surface area contributed by atoms with Gasteiger partial charge in [-0.2, -0.15) is 0 Å². The van der Waals surface area contributed by atoms with Gasteiger partial charge in [-0.25, -0.2) is 9.97 Å². The molecule has 3 rings (SSSR count). The number of aliphatic hydroxyl groups is 1. The van der Waals surface area contributed by atoms with E-state index in [0.717, 1.165) is 43.2 Å². The maximum Gasteiger partial charge on any atom is 0.180 e. The third-order valence-electron chi connectivity index (χ3n) is 3.38. The molecule has 3 heterocycles. The lowest BCUT2D eigenvalue weighted by Crippen LogP contribution is -2.23. The third-order valence-corrected chi connectivity index (χ3v) is 3.38. The van der Waals surface area contributed by atoms with Gasteiger partial charge in [0.15, 0.2) is 11.5 Å². The second-order valence-corrected chi connectivity index (χ2v) is 4.92. The van der Waals surface area contributed by atoms with Gasteiger partial charge in [0.1, 0.15) is 5.82 Å². The highest BCUT2D eigenvalue weighted by atomic mass is 16.3. The summed E-state index contributed by atoms with van der Waals surface area (Å²) in [5, 5.41) is 13.0. The van der Waals surface area contributed by atoms with Crippen molar-refractivity contribution >= 4 is 17.3 Å². The van der Waals surface area contributed by atoms with Crippen molar-refractivity contribution in [3.05, 3.63) is 18.6 Å². The normalized spacial score (nSPS) is 19.3. The summed E-state index contributed by atoms with van der Waals surface area (Å²) in [6.07, 6.45) is 7.24. The Kier molecular flexibility index (Phi) is 3.25. The minimum atomic E-state index is -0.260. The van der Waals surface area contributed by atoms with Crippen LogP contribution in [0.5, 0.6) is 0 Å². The van der Waals surface area contributed by atoms with Crippen molar-refractivity contribution in [2.45, 2.75) is 25.9 Å². The first-order chi connectivity index (χ1) is 9.28. The van der Waals surface area contributed by atoms with E-state index in [1.165, 1.54) is 0 Å². The molecule has 2 N–H and O–H groups in total. The molecule has 1 saturated heterocycles. The summed E-state index contributed by atoms with van der Waals surface area (Å²) in [7, 11) is 0. The lowest BCUT2D eigenvalue weighted by atomic mass is 10.3. The van der Waals surface area contributed by atoms with E-state index >= 15 is 0 Å². The van der Waals surface area contributed by atoms with E-state index in [1.54, 1.807) is 6.20 Å². The van der Waals surface area contributed by atoms with Crippen LogP contribution in [-0.2, 0) is 0 Å². The number of fused-ring (bicyclic) bond motifs is 1. The molecule has 1 aliphatic heterocycles. The summed E-state index contributed by atoms with van der Waals surface area (Å²) in [5.41, 5.74) is 0.844. The zero-order valence-electron chi connectivity index (χ0n) is 11.1. The van der Waals surface area contributed by atoms with Crippen LogP contribution in [0.1, 0.15) is 19.8 Å². The van der Waals surface area contributed by atoms with Crippen LogP contribution in [0.3, 0.4) is 0 Å². The number of anilines is 2. The van der Waals surface area contributed by atoms with Gasteiger partial charge in [0.05, 0.1) is 12.3 Å². The summed E-state index contributed by atoms with van der Waals surface area (Å²) >= 11 is 0. The molecule has 0 saturated carbocycles. The topological polar surface area (TPSA) is 65.7 Å². The molecule has 19 heavy (non-hydrogen) atoms. The average molecular weight is 261 g/mol. The quantitative estimate of drug-likeness (QED) is 0.863. The van der Waals surface area contributed by atoms with E-state index in [4.69, 9.17) is 0 Å². The van der Waals surface area contributed by atoms with Crippen LogP contribution in [-0.4, -0.2) is 45.2 Å². The largest absolute Gasteiger partial charge is 0.391 e. The molecule has 6 nitrogen and oxygen atoms in total. The minimum Gasteiger partial charge on any atom is -0.391 e. The van der Waals surface area contributed by atoms with E-state index in [2.05, 4.69) is 27.1 Å². The molecular weight excluding hydrogens is 242 g/mol. The molecule has 0 radical (unpaired) electrons. The van der Waals surface area contributed by atoms with Crippen LogP contribution in [0.4, 0.5) is 11.6 Å². The van der Waals surface area contributed by atoms with E-state index in [0.29, 0.717) is 6.54 Å². The fourth-order valence-corrected chi connectivity index (χ4v) is 2.40. The number of hydrogen-bond acceptors (Lipinski definition) is 5. The van der Waals surface area contributed by atoms with Gasteiger partial charge in [0.2, 0.25) is 0 Å². The molecule has 2 aromatic rings. The highest BCUT2D eigenvalue weighted by molar-refractivity contribution is 5.67. The number of nitrogens with one attached hydrogen (secondary N) is 1. The first-order valence-electron chi connectivity index (χ1n) is 6.78. The number of hydrogen-bond donors (Lipinski definition) is 2. The van der Waals surface area contributed by atoms with Crippen molar-refractivity contribution in [1.29, 1.82) is 0 Å². The maximum atomic E-state index is 9.68.